The molecular formula is C23H56O4Si2. The van der Waals surface area contributed by atoms with Gasteiger partial charge in [0, 0.05) is 39.3 Å². The highest BCUT2D eigenvalue weighted by atomic mass is 28.4. The molecule has 29 heavy (non-hydrogen) atoms. The molecule has 0 aromatic heterocycles. The highest BCUT2D eigenvalue weighted by Gasteiger charge is 2.38. The lowest BCUT2D eigenvalue weighted by Gasteiger charge is -2.36. The largest absolute Gasteiger partial charge is 0.416 e. The average Bonchev–Trinajstić information content (AvgIpc) is 2.50. The van der Waals surface area contributed by atoms with E-state index in [1.807, 2.05) is 0 Å². The SMILES string of the molecule is C.COCC(C)CO[Si](C)(C)C(C)(C)C.COCC(C)CO[Si](C)(C)C(C)(C)C. The minimum atomic E-state index is -1.55. The van der Waals surface area contributed by atoms with E-state index in [1.54, 1.807) is 14.2 Å². The van der Waals surface area contributed by atoms with Crippen molar-refractivity contribution < 1.29 is 18.3 Å². The fourth-order valence-corrected chi connectivity index (χ4v) is 4.07. The van der Waals surface area contributed by atoms with E-state index in [0.29, 0.717) is 21.9 Å². The van der Waals surface area contributed by atoms with Gasteiger partial charge in [-0.2, -0.15) is 0 Å². The maximum absolute atomic E-state index is 6.07. The molecule has 0 aliphatic heterocycles. The summed E-state index contributed by atoms with van der Waals surface area (Å²) >= 11 is 0. The van der Waals surface area contributed by atoms with Crippen molar-refractivity contribution in [3.8, 4) is 0 Å². The third-order valence-corrected chi connectivity index (χ3v) is 15.0. The second kappa shape index (κ2) is 14.4. The Bertz CT molecular complexity index is 361. The smallest absolute Gasteiger partial charge is 0.191 e. The van der Waals surface area contributed by atoms with Gasteiger partial charge in [0.15, 0.2) is 16.6 Å². The van der Waals surface area contributed by atoms with E-state index >= 15 is 0 Å². The first-order valence-electron chi connectivity index (χ1n) is 10.7. The molecule has 0 saturated heterocycles. The van der Waals surface area contributed by atoms with Crippen LogP contribution in [0.5, 0.6) is 0 Å². The van der Waals surface area contributed by atoms with Gasteiger partial charge in [0.1, 0.15) is 0 Å². The summed E-state index contributed by atoms with van der Waals surface area (Å²) in [4.78, 5) is 0. The van der Waals surface area contributed by atoms with Gasteiger partial charge in [-0.15, -0.1) is 0 Å². The van der Waals surface area contributed by atoms with Crippen LogP contribution in [0.3, 0.4) is 0 Å². The van der Waals surface area contributed by atoms with Gasteiger partial charge in [-0.05, 0) is 36.3 Å². The predicted molar refractivity (Wildman–Crippen MR) is 135 cm³/mol. The van der Waals surface area contributed by atoms with Crippen LogP contribution in [-0.4, -0.2) is 57.3 Å². The van der Waals surface area contributed by atoms with Crippen molar-refractivity contribution >= 4 is 16.6 Å². The molecule has 6 heteroatoms. The number of hydrogen-bond acceptors (Lipinski definition) is 4. The summed E-state index contributed by atoms with van der Waals surface area (Å²) in [7, 11) is 0.373. The Hall–Kier alpha value is 0.274. The summed E-state index contributed by atoms with van der Waals surface area (Å²) < 4.78 is 22.3. The van der Waals surface area contributed by atoms with Crippen LogP contribution >= 0.6 is 0 Å². The maximum Gasteiger partial charge on any atom is 0.191 e. The normalized spacial score (nSPS) is 15.1. The molecule has 2 atom stereocenters. The molecule has 180 valence electrons. The van der Waals surface area contributed by atoms with Gasteiger partial charge in [-0.3, -0.25) is 0 Å². The van der Waals surface area contributed by atoms with Crippen molar-refractivity contribution in [2.45, 2.75) is 99.1 Å². The zero-order chi connectivity index (χ0) is 22.8. The zero-order valence-corrected chi connectivity index (χ0v) is 23.6. The first-order valence-corrected chi connectivity index (χ1v) is 16.5. The summed E-state index contributed by atoms with van der Waals surface area (Å²) in [5.41, 5.74) is 0. The Balaban J connectivity index is -0.000000451. The topological polar surface area (TPSA) is 36.9 Å². The van der Waals surface area contributed by atoms with Crippen LogP contribution < -0.4 is 0 Å². The average molecular weight is 453 g/mol. The van der Waals surface area contributed by atoms with E-state index in [-0.39, 0.29) is 7.43 Å². The molecule has 0 N–H and O–H groups in total. The quantitative estimate of drug-likeness (QED) is 0.328. The standard InChI is InChI=1S/2C11H26O2Si.CH4/c2*1-10(8-12-5)9-13-14(6,7)11(2,3)4;/h2*10H,8-9H2,1-7H3;1H4. The molecule has 0 spiro atoms. The summed E-state index contributed by atoms with van der Waals surface area (Å²) in [5.74, 6) is 0.989. The minimum Gasteiger partial charge on any atom is -0.416 e. The minimum absolute atomic E-state index is 0. The number of methoxy groups -OCH3 is 2. The second-order valence-corrected chi connectivity index (χ2v) is 20.9. The molecule has 0 aromatic rings. The number of ether oxygens (including phenoxy) is 2. The summed E-state index contributed by atoms with van der Waals surface area (Å²) in [6.45, 7) is 30.3. The molecule has 0 heterocycles. The van der Waals surface area contributed by atoms with Crippen molar-refractivity contribution in [3.63, 3.8) is 0 Å². The molecule has 2 unspecified atom stereocenters. The van der Waals surface area contributed by atoms with E-state index in [1.165, 1.54) is 0 Å². The van der Waals surface area contributed by atoms with Gasteiger partial charge in [0.2, 0.25) is 0 Å². The lowest BCUT2D eigenvalue weighted by Crippen LogP contribution is -2.42. The zero-order valence-electron chi connectivity index (χ0n) is 21.6. The molecule has 0 bridgehead atoms. The Morgan fingerprint density at radius 2 is 0.828 bits per heavy atom. The van der Waals surface area contributed by atoms with Crippen molar-refractivity contribution in [3.05, 3.63) is 0 Å². The van der Waals surface area contributed by atoms with Gasteiger partial charge < -0.3 is 18.3 Å². The highest BCUT2D eigenvalue weighted by molar-refractivity contribution is 6.74. The van der Waals surface area contributed by atoms with E-state index < -0.39 is 16.6 Å². The first-order chi connectivity index (χ1) is 12.4. The Kier molecular flexibility index (Phi) is 16.8. The molecule has 0 radical (unpaired) electrons. The summed E-state index contributed by atoms with van der Waals surface area (Å²) in [6.07, 6.45) is 0. The van der Waals surface area contributed by atoms with Crippen LogP contribution in [0.1, 0.15) is 62.8 Å². The van der Waals surface area contributed by atoms with Crippen LogP contribution in [0, 0.1) is 11.8 Å². The van der Waals surface area contributed by atoms with Crippen molar-refractivity contribution in [1.82, 2.24) is 0 Å². The van der Waals surface area contributed by atoms with E-state index in [0.717, 1.165) is 26.4 Å². The summed E-state index contributed by atoms with van der Waals surface area (Å²) in [5, 5.41) is 0.611. The van der Waals surface area contributed by atoms with Gasteiger partial charge in [0.05, 0.1) is 13.2 Å². The highest BCUT2D eigenvalue weighted by Crippen LogP contribution is 2.37. The van der Waals surface area contributed by atoms with Gasteiger partial charge >= 0.3 is 0 Å². The lowest BCUT2D eigenvalue weighted by atomic mass is 10.2. The number of rotatable bonds is 10. The molecule has 0 saturated carbocycles. The third-order valence-electron chi connectivity index (χ3n) is 5.97. The van der Waals surface area contributed by atoms with Crippen molar-refractivity contribution in [2.75, 3.05) is 40.6 Å². The molecule has 0 amide bonds. The van der Waals surface area contributed by atoms with Crippen LogP contribution in [-0.2, 0) is 18.3 Å². The fraction of sp³-hybridized carbons (Fsp3) is 1.00. The van der Waals surface area contributed by atoms with Crippen molar-refractivity contribution in [1.29, 1.82) is 0 Å². The Morgan fingerprint density at radius 3 is 1.00 bits per heavy atom. The molecule has 0 aliphatic carbocycles. The Morgan fingerprint density at radius 1 is 0.586 bits per heavy atom. The van der Waals surface area contributed by atoms with Crippen LogP contribution in [0.2, 0.25) is 36.3 Å². The van der Waals surface area contributed by atoms with Crippen LogP contribution in [0.25, 0.3) is 0 Å². The number of hydrogen-bond donors (Lipinski definition) is 0. The van der Waals surface area contributed by atoms with Crippen molar-refractivity contribution in [2.24, 2.45) is 11.8 Å². The van der Waals surface area contributed by atoms with Gasteiger partial charge in [0.25, 0.3) is 0 Å². The summed E-state index contributed by atoms with van der Waals surface area (Å²) in [6, 6.07) is 0. The molecule has 4 nitrogen and oxygen atoms in total. The monoisotopic (exact) mass is 452 g/mol. The molecule has 0 rings (SSSR count). The lowest BCUT2D eigenvalue weighted by molar-refractivity contribution is 0.122. The Labute approximate surface area is 186 Å². The molecular weight excluding hydrogens is 396 g/mol. The first kappa shape index (κ1) is 33.9. The fourth-order valence-electron chi connectivity index (χ4n) is 1.80. The second-order valence-electron chi connectivity index (χ2n) is 11.3. The van der Waals surface area contributed by atoms with E-state index in [2.05, 4.69) is 81.6 Å². The molecule has 0 aromatic carbocycles. The van der Waals surface area contributed by atoms with E-state index in [4.69, 9.17) is 18.3 Å². The van der Waals surface area contributed by atoms with Crippen LogP contribution in [0.4, 0.5) is 0 Å². The van der Waals surface area contributed by atoms with Gasteiger partial charge in [-0.1, -0.05) is 62.8 Å². The molecule has 0 aliphatic rings. The van der Waals surface area contributed by atoms with Gasteiger partial charge in [-0.25, -0.2) is 0 Å². The van der Waals surface area contributed by atoms with Crippen LogP contribution in [0.15, 0.2) is 0 Å². The predicted octanol–water partition coefficient (Wildman–Crippen LogP) is 7.22. The van der Waals surface area contributed by atoms with E-state index in [9.17, 15) is 0 Å². The molecule has 0 fully saturated rings. The third kappa shape index (κ3) is 14.8. The maximum atomic E-state index is 6.07.